The Kier molecular flexibility index (Phi) is 5.57. The molecule has 1 amide bonds. The summed E-state index contributed by atoms with van der Waals surface area (Å²) in [5.41, 5.74) is 1.65. The molecule has 0 saturated heterocycles. The highest BCUT2D eigenvalue weighted by Gasteiger charge is 2.44. The number of rotatable bonds is 6. The van der Waals surface area contributed by atoms with Gasteiger partial charge in [-0.1, -0.05) is 43.2 Å². The Morgan fingerprint density at radius 3 is 2.42 bits per heavy atom. The number of carbonyl (C=O) groups excluding carboxylic acids is 1. The molecule has 0 spiro atoms. The molecule has 5 nitrogen and oxygen atoms in total. The van der Waals surface area contributed by atoms with Crippen LogP contribution in [-0.4, -0.2) is 42.5 Å². The molecule has 1 aliphatic rings. The van der Waals surface area contributed by atoms with Crippen molar-refractivity contribution in [3.05, 3.63) is 59.8 Å². The molecule has 1 saturated carbocycles. The minimum absolute atomic E-state index is 0.0704. The Balaban J connectivity index is 1.98. The third-order valence-electron chi connectivity index (χ3n) is 5.59. The van der Waals surface area contributed by atoms with Crippen LogP contribution in [0.3, 0.4) is 0 Å². The van der Waals surface area contributed by atoms with E-state index in [1.54, 1.807) is 19.3 Å². The predicted molar refractivity (Wildman–Crippen MR) is 105 cm³/mol. The van der Waals surface area contributed by atoms with E-state index in [2.05, 4.69) is 46.7 Å². The fraction of sp³-hybridized carbons (Fsp3) is 0.429. The molecule has 138 valence electrons. The van der Waals surface area contributed by atoms with E-state index in [9.17, 15) is 4.79 Å². The fourth-order valence-electron chi connectivity index (χ4n) is 4.15. The topological polar surface area (TPSA) is 57.3 Å². The summed E-state index contributed by atoms with van der Waals surface area (Å²) in [6, 6.07) is 13.8. The maximum atomic E-state index is 13.1. The van der Waals surface area contributed by atoms with Gasteiger partial charge in [0.1, 0.15) is 5.82 Å². The van der Waals surface area contributed by atoms with Crippen LogP contribution in [0.5, 0.6) is 0 Å². The molecule has 0 bridgehead atoms. The second-order valence-electron chi connectivity index (χ2n) is 7.17. The van der Waals surface area contributed by atoms with Gasteiger partial charge in [-0.3, -0.25) is 4.79 Å². The van der Waals surface area contributed by atoms with Crippen LogP contribution < -0.4 is 10.6 Å². The summed E-state index contributed by atoms with van der Waals surface area (Å²) >= 11 is 0. The number of aromatic nitrogens is 1. The van der Waals surface area contributed by atoms with Crippen molar-refractivity contribution in [2.45, 2.75) is 37.3 Å². The van der Waals surface area contributed by atoms with Crippen LogP contribution in [0.1, 0.15) is 47.6 Å². The van der Waals surface area contributed by atoms with Crippen LogP contribution in [0.25, 0.3) is 0 Å². The molecule has 1 heterocycles. The number of pyridine rings is 1. The minimum atomic E-state index is -0.0931. The molecular formula is C21H28N4O. The number of anilines is 1. The normalized spacial score (nSPS) is 17.1. The van der Waals surface area contributed by atoms with Crippen molar-refractivity contribution < 1.29 is 4.79 Å². The minimum Gasteiger partial charge on any atom is -0.372 e. The molecule has 1 aromatic heterocycles. The number of hydrogen-bond acceptors (Lipinski definition) is 4. The highest BCUT2D eigenvalue weighted by molar-refractivity contribution is 5.99. The zero-order valence-electron chi connectivity index (χ0n) is 15.8. The summed E-state index contributed by atoms with van der Waals surface area (Å²) in [7, 11) is 6.03. The quantitative estimate of drug-likeness (QED) is 0.836. The van der Waals surface area contributed by atoms with Crippen LogP contribution >= 0.6 is 0 Å². The van der Waals surface area contributed by atoms with Crippen molar-refractivity contribution in [3.63, 3.8) is 0 Å². The van der Waals surface area contributed by atoms with Gasteiger partial charge in [0.05, 0.1) is 11.6 Å². The molecule has 0 radical (unpaired) electrons. The van der Waals surface area contributed by atoms with Crippen LogP contribution in [0.2, 0.25) is 0 Å². The predicted octanol–water partition coefficient (Wildman–Crippen LogP) is 3.47. The molecule has 5 heteroatoms. The largest absolute Gasteiger partial charge is 0.372 e. The van der Waals surface area contributed by atoms with E-state index in [0.717, 1.165) is 18.4 Å². The van der Waals surface area contributed by atoms with E-state index in [-0.39, 0.29) is 17.5 Å². The molecule has 1 atom stereocenters. The van der Waals surface area contributed by atoms with E-state index in [1.807, 2.05) is 24.3 Å². The Labute approximate surface area is 155 Å². The monoisotopic (exact) mass is 352 g/mol. The smallest absolute Gasteiger partial charge is 0.255 e. The van der Waals surface area contributed by atoms with Crippen molar-refractivity contribution in [2.24, 2.45) is 0 Å². The van der Waals surface area contributed by atoms with E-state index < -0.39 is 0 Å². The Hall–Kier alpha value is -2.40. The van der Waals surface area contributed by atoms with Gasteiger partial charge in [-0.25, -0.2) is 4.98 Å². The van der Waals surface area contributed by atoms with Gasteiger partial charge in [0.2, 0.25) is 0 Å². The SMILES string of the molecule is CNc1ncccc1C(=O)NC(c1ccccc1)C1(N(C)C)CCCC1. The van der Waals surface area contributed by atoms with Crippen molar-refractivity contribution in [3.8, 4) is 0 Å². The first kappa shape index (κ1) is 18.4. The number of amides is 1. The zero-order valence-corrected chi connectivity index (χ0v) is 15.8. The van der Waals surface area contributed by atoms with Crippen molar-refractivity contribution in [2.75, 3.05) is 26.5 Å². The highest BCUT2D eigenvalue weighted by atomic mass is 16.1. The van der Waals surface area contributed by atoms with Crippen molar-refractivity contribution >= 4 is 11.7 Å². The van der Waals surface area contributed by atoms with Gasteiger partial charge in [0, 0.05) is 18.8 Å². The average molecular weight is 352 g/mol. The van der Waals surface area contributed by atoms with E-state index in [0.29, 0.717) is 11.4 Å². The lowest BCUT2D eigenvalue weighted by atomic mass is 9.82. The van der Waals surface area contributed by atoms with Gasteiger partial charge >= 0.3 is 0 Å². The third kappa shape index (κ3) is 3.44. The summed E-state index contributed by atoms with van der Waals surface area (Å²) in [5, 5.41) is 6.34. The van der Waals surface area contributed by atoms with E-state index >= 15 is 0 Å². The number of nitrogens with one attached hydrogen (secondary N) is 2. The maximum Gasteiger partial charge on any atom is 0.255 e. The third-order valence-corrected chi connectivity index (χ3v) is 5.59. The van der Waals surface area contributed by atoms with Gasteiger partial charge in [0.25, 0.3) is 5.91 Å². The molecule has 2 aromatic rings. The summed E-state index contributed by atoms with van der Waals surface area (Å²) in [6.45, 7) is 0. The number of likely N-dealkylation sites (N-methyl/N-ethyl adjacent to an activating group) is 1. The van der Waals surface area contributed by atoms with Gasteiger partial charge in [-0.05, 0) is 44.6 Å². The van der Waals surface area contributed by atoms with Gasteiger partial charge in [-0.15, -0.1) is 0 Å². The van der Waals surface area contributed by atoms with Crippen molar-refractivity contribution in [1.82, 2.24) is 15.2 Å². The number of nitrogens with zero attached hydrogens (tertiary/aromatic N) is 2. The summed E-state index contributed by atoms with van der Waals surface area (Å²) in [6.07, 6.45) is 6.21. The molecular weight excluding hydrogens is 324 g/mol. The van der Waals surface area contributed by atoms with E-state index in [1.165, 1.54) is 12.8 Å². The average Bonchev–Trinajstić information content (AvgIpc) is 3.17. The first-order valence-electron chi connectivity index (χ1n) is 9.24. The second kappa shape index (κ2) is 7.87. The molecule has 1 fully saturated rings. The second-order valence-corrected chi connectivity index (χ2v) is 7.17. The molecule has 2 N–H and O–H groups in total. The lowest BCUT2D eigenvalue weighted by Crippen LogP contribution is -2.53. The lowest BCUT2D eigenvalue weighted by molar-refractivity contribution is 0.0766. The highest BCUT2D eigenvalue weighted by Crippen LogP contribution is 2.43. The summed E-state index contributed by atoms with van der Waals surface area (Å²) < 4.78 is 0. The van der Waals surface area contributed by atoms with Gasteiger partial charge in [0.15, 0.2) is 0 Å². The fourth-order valence-corrected chi connectivity index (χ4v) is 4.15. The summed E-state index contributed by atoms with van der Waals surface area (Å²) in [4.78, 5) is 19.7. The Morgan fingerprint density at radius 2 is 1.81 bits per heavy atom. The summed E-state index contributed by atoms with van der Waals surface area (Å²) in [5.74, 6) is 0.506. The standard InChI is InChI=1S/C21H28N4O/c1-22-19-17(12-9-15-23-19)20(26)24-18(16-10-5-4-6-11-16)21(25(2)3)13-7-8-14-21/h4-6,9-12,15,18H,7-8,13-14H2,1-3H3,(H,22,23)(H,24,26). The first-order chi connectivity index (χ1) is 12.6. The first-order valence-corrected chi connectivity index (χ1v) is 9.24. The Bertz CT molecular complexity index is 739. The molecule has 1 aromatic carbocycles. The number of benzene rings is 1. The van der Waals surface area contributed by atoms with Crippen LogP contribution in [-0.2, 0) is 0 Å². The molecule has 0 aliphatic heterocycles. The lowest BCUT2D eigenvalue weighted by Gasteiger charge is -2.44. The molecule has 1 aliphatic carbocycles. The van der Waals surface area contributed by atoms with Crippen LogP contribution in [0.4, 0.5) is 5.82 Å². The van der Waals surface area contributed by atoms with Crippen molar-refractivity contribution in [1.29, 1.82) is 0 Å². The maximum absolute atomic E-state index is 13.1. The van der Waals surface area contributed by atoms with Crippen LogP contribution in [0.15, 0.2) is 48.7 Å². The molecule has 3 rings (SSSR count). The van der Waals surface area contributed by atoms with Crippen LogP contribution in [0, 0.1) is 0 Å². The number of carbonyl (C=O) groups is 1. The molecule has 1 unspecified atom stereocenters. The molecule has 26 heavy (non-hydrogen) atoms. The van der Waals surface area contributed by atoms with Gasteiger partial charge in [-0.2, -0.15) is 0 Å². The van der Waals surface area contributed by atoms with Gasteiger partial charge < -0.3 is 15.5 Å². The Morgan fingerprint density at radius 1 is 1.12 bits per heavy atom. The van der Waals surface area contributed by atoms with E-state index in [4.69, 9.17) is 0 Å². The number of hydrogen-bond donors (Lipinski definition) is 2. The zero-order chi connectivity index (χ0) is 18.6.